The average Bonchev–Trinajstić information content (AvgIpc) is 3.13. The van der Waals surface area contributed by atoms with Crippen LogP contribution in [0.4, 0.5) is 0 Å². The summed E-state index contributed by atoms with van der Waals surface area (Å²) >= 11 is 0. The van der Waals surface area contributed by atoms with Gasteiger partial charge in [-0.25, -0.2) is 0 Å². The molecule has 2 aliphatic rings. The predicted octanol–water partition coefficient (Wildman–Crippen LogP) is 1.25. The highest BCUT2D eigenvalue weighted by atomic mass is 16.5. The number of ether oxygens (including phenoxy) is 2. The third-order valence-corrected chi connectivity index (χ3v) is 3.97. The molecule has 0 aromatic rings. The van der Waals surface area contributed by atoms with E-state index in [4.69, 9.17) is 9.47 Å². The number of hydrogen-bond acceptors (Lipinski definition) is 4. The zero-order valence-electron chi connectivity index (χ0n) is 11.9. The van der Waals surface area contributed by atoms with Crippen LogP contribution in [0.3, 0.4) is 0 Å². The highest BCUT2D eigenvalue weighted by Gasteiger charge is 2.38. The quantitative estimate of drug-likeness (QED) is 0.630. The molecule has 2 fully saturated rings. The highest BCUT2D eigenvalue weighted by Crippen LogP contribution is 2.33. The number of rotatable bonds is 9. The van der Waals surface area contributed by atoms with Crippen molar-refractivity contribution in [3.8, 4) is 0 Å². The van der Waals surface area contributed by atoms with E-state index in [-0.39, 0.29) is 0 Å². The van der Waals surface area contributed by atoms with E-state index in [1.54, 1.807) is 7.11 Å². The SMILES string of the molecule is COCCOCCCNC1CC(C)N(C2CC2)C1. The van der Waals surface area contributed by atoms with Crippen LogP contribution in [0.25, 0.3) is 0 Å². The number of hydrogen-bond donors (Lipinski definition) is 1. The molecule has 1 saturated carbocycles. The molecule has 1 aliphatic carbocycles. The summed E-state index contributed by atoms with van der Waals surface area (Å²) in [7, 11) is 1.71. The van der Waals surface area contributed by atoms with Gasteiger partial charge in [0, 0.05) is 38.4 Å². The lowest BCUT2D eigenvalue weighted by Crippen LogP contribution is -2.34. The second-order valence-corrected chi connectivity index (χ2v) is 5.62. The molecule has 0 aromatic heterocycles. The van der Waals surface area contributed by atoms with Crippen molar-refractivity contribution in [3.05, 3.63) is 0 Å². The molecular weight excluding hydrogens is 228 g/mol. The highest BCUT2D eigenvalue weighted by molar-refractivity contribution is 4.95. The maximum Gasteiger partial charge on any atom is 0.0700 e. The lowest BCUT2D eigenvalue weighted by atomic mass is 10.2. The van der Waals surface area contributed by atoms with Crippen molar-refractivity contribution in [2.45, 2.75) is 50.7 Å². The Bertz CT molecular complexity index is 234. The van der Waals surface area contributed by atoms with Crippen LogP contribution in [0.5, 0.6) is 0 Å². The smallest absolute Gasteiger partial charge is 0.0700 e. The first-order valence-electron chi connectivity index (χ1n) is 7.37. The molecule has 0 aromatic carbocycles. The normalized spacial score (nSPS) is 29.0. The van der Waals surface area contributed by atoms with Crippen LogP contribution in [-0.4, -0.2) is 63.0 Å². The number of nitrogens with one attached hydrogen (secondary N) is 1. The molecule has 2 unspecified atom stereocenters. The van der Waals surface area contributed by atoms with Gasteiger partial charge in [0.15, 0.2) is 0 Å². The largest absolute Gasteiger partial charge is 0.382 e. The molecule has 1 saturated heterocycles. The average molecular weight is 256 g/mol. The minimum absolute atomic E-state index is 0.694. The summed E-state index contributed by atoms with van der Waals surface area (Å²) < 4.78 is 10.4. The van der Waals surface area contributed by atoms with Crippen molar-refractivity contribution in [1.29, 1.82) is 0 Å². The summed E-state index contributed by atoms with van der Waals surface area (Å²) in [6.07, 6.45) is 5.24. The molecule has 106 valence electrons. The Balaban J connectivity index is 1.47. The summed E-state index contributed by atoms with van der Waals surface area (Å²) in [6.45, 7) is 6.94. The van der Waals surface area contributed by atoms with Gasteiger partial charge in [-0.2, -0.15) is 0 Å². The van der Waals surface area contributed by atoms with Gasteiger partial charge in [-0.1, -0.05) is 0 Å². The minimum atomic E-state index is 0.694. The monoisotopic (exact) mass is 256 g/mol. The van der Waals surface area contributed by atoms with Gasteiger partial charge in [0.05, 0.1) is 13.2 Å². The molecule has 1 N–H and O–H groups in total. The van der Waals surface area contributed by atoms with Crippen molar-refractivity contribution in [2.75, 3.05) is 40.0 Å². The van der Waals surface area contributed by atoms with Crippen molar-refractivity contribution >= 4 is 0 Å². The Morgan fingerprint density at radius 1 is 1.22 bits per heavy atom. The summed E-state index contributed by atoms with van der Waals surface area (Å²) in [5.74, 6) is 0. The van der Waals surface area contributed by atoms with Gasteiger partial charge in [0.25, 0.3) is 0 Å². The van der Waals surface area contributed by atoms with Crippen LogP contribution in [0.1, 0.15) is 32.6 Å². The van der Waals surface area contributed by atoms with Crippen molar-refractivity contribution in [1.82, 2.24) is 10.2 Å². The molecule has 0 bridgehead atoms. The standard InChI is InChI=1S/C14H28N2O2/c1-12-10-13(11-16(12)14-4-5-14)15-6-3-7-18-9-8-17-2/h12-15H,3-11H2,1-2H3. The van der Waals surface area contributed by atoms with Crippen molar-refractivity contribution in [2.24, 2.45) is 0 Å². The summed E-state index contributed by atoms with van der Waals surface area (Å²) in [6, 6.07) is 2.37. The summed E-state index contributed by atoms with van der Waals surface area (Å²) in [5.41, 5.74) is 0. The Kier molecular flexibility index (Phi) is 5.89. The third kappa shape index (κ3) is 4.50. The Labute approximate surface area is 111 Å². The van der Waals surface area contributed by atoms with Gasteiger partial charge in [0.2, 0.25) is 0 Å². The van der Waals surface area contributed by atoms with Crippen LogP contribution in [0, 0.1) is 0 Å². The molecule has 2 atom stereocenters. The predicted molar refractivity (Wildman–Crippen MR) is 72.9 cm³/mol. The van der Waals surface area contributed by atoms with Crippen LogP contribution in [0.2, 0.25) is 0 Å². The molecule has 2 rings (SSSR count). The van der Waals surface area contributed by atoms with E-state index in [0.29, 0.717) is 19.3 Å². The maximum absolute atomic E-state index is 5.45. The lowest BCUT2D eigenvalue weighted by molar-refractivity contribution is 0.0692. The Morgan fingerprint density at radius 2 is 2.06 bits per heavy atom. The molecule has 4 nitrogen and oxygen atoms in total. The van der Waals surface area contributed by atoms with E-state index in [9.17, 15) is 0 Å². The van der Waals surface area contributed by atoms with Gasteiger partial charge in [0.1, 0.15) is 0 Å². The van der Waals surface area contributed by atoms with E-state index in [1.807, 2.05) is 0 Å². The maximum atomic E-state index is 5.45. The van der Waals surface area contributed by atoms with Gasteiger partial charge >= 0.3 is 0 Å². The zero-order chi connectivity index (χ0) is 12.8. The first kappa shape index (κ1) is 14.3. The first-order chi connectivity index (χ1) is 8.81. The molecule has 0 spiro atoms. The van der Waals surface area contributed by atoms with Crippen LogP contribution >= 0.6 is 0 Å². The van der Waals surface area contributed by atoms with Gasteiger partial charge < -0.3 is 14.8 Å². The second kappa shape index (κ2) is 7.43. The number of methoxy groups -OCH3 is 1. The van der Waals surface area contributed by atoms with Gasteiger partial charge in [-0.3, -0.25) is 4.90 Å². The van der Waals surface area contributed by atoms with Gasteiger partial charge in [-0.05, 0) is 39.2 Å². The van der Waals surface area contributed by atoms with E-state index in [2.05, 4.69) is 17.1 Å². The second-order valence-electron chi connectivity index (χ2n) is 5.62. The Hall–Kier alpha value is -0.160. The number of nitrogens with zero attached hydrogens (tertiary/aromatic N) is 1. The van der Waals surface area contributed by atoms with Crippen LogP contribution < -0.4 is 5.32 Å². The van der Waals surface area contributed by atoms with Gasteiger partial charge in [-0.15, -0.1) is 0 Å². The summed E-state index contributed by atoms with van der Waals surface area (Å²) in [4.78, 5) is 2.69. The van der Waals surface area contributed by atoms with Crippen LogP contribution in [0.15, 0.2) is 0 Å². The number of likely N-dealkylation sites (tertiary alicyclic amines) is 1. The third-order valence-electron chi connectivity index (χ3n) is 3.97. The minimum Gasteiger partial charge on any atom is -0.382 e. The van der Waals surface area contributed by atoms with E-state index >= 15 is 0 Å². The topological polar surface area (TPSA) is 33.7 Å². The molecular formula is C14H28N2O2. The lowest BCUT2D eigenvalue weighted by Gasteiger charge is -2.19. The fourth-order valence-corrected chi connectivity index (χ4v) is 2.84. The fourth-order valence-electron chi connectivity index (χ4n) is 2.84. The van der Waals surface area contributed by atoms with E-state index in [0.717, 1.165) is 31.7 Å². The first-order valence-corrected chi connectivity index (χ1v) is 7.37. The molecule has 1 heterocycles. The molecule has 18 heavy (non-hydrogen) atoms. The van der Waals surface area contributed by atoms with Crippen molar-refractivity contribution < 1.29 is 9.47 Å². The fraction of sp³-hybridized carbons (Fsp3) is 1.00. The zero-order valence-corrected chi connectivity index (χ0v) is 11.9. The van der Waals surface area contributed by atoms with E-state index in [1.165, 1.54) is 25.8 Å². The molecule has 0 radical (unpaired) electrons. The molecule has 0 amide bonds. The molecule has 4 heteroatoms. The van der Waals surface area contributed by atoms with Crippen molar-refractivity contribution in [3.63, 3.8) is 0 Å². The molecule has 1 aliphatic heterocycles. The summed E-state index contributed by atoms with van der Waals surface area (Å²) in [5, 5.41) is 3.66. The van der Waals surface area contributed by atoms with E-state index < -0.39 is 0 Å². The van der Waals surface area contributed by atoms with Crippen LogP contribution in [-0.2, 0) is 9.47 Å². The Morgan fingerprint density at radius 3 is 2.78 bits per heavy atom.